The summed E-state index contributed by atoms with van der Waals surface area (Å²) in [5, 5.41) is 3.61. The largest absolute Gasteiger partial charge is 0.352 e. The number of piperidine rings is 1. The zero-order chi connectivity index (χ0) is 13.0. The van der Waals surface area contributed by atoms with Gasteiger partial charge in [-0.15, -0.1) is 0 Å². The van der Waals surface area contributed by atoms with Gasteiger partial charge in [-0.05, 0) is 55.8 Å². The van der Waals surface area contributed by atoms with Crippen molar-refractivity contribution in [3.63, 3.8) is 0 Å². The molecule has 0 amide bonds. The Bertz CT molecular complexity index is 377. The first kappa shape index (κ1) is 14.0. The number of hydrogen-bond donors (Lipinski definition) is 1. The summed E-state index contributed by atoms with van der Waals surface area (Å²) in [6.07, 6.45) is 7.44. The lowest BCUT2D eigenvalue weighted by atomic mass is 10.0. The fraction of sp³-hybridized carbons (Fsp3) is 0.692. The molecular weight excluding hydrogens is 339 g/mol. The molecule has 5 heteroatoms. The van der Waals surface area contributed by atoms with Crippen LogP contribution in [0.2, 0.25) is 0 Å². The van der Waals surface area contributed by atoms with Gasteiger partial charge in [-0.1, -0.05) is 6.42 Å². The Labute approximate surface area is 123 Å². The van der Waals surface area contributed by atoms with Gasteiger partial charge in [0.1, 0.15) is 12.1 Å². The Morgan fingerprint density at radius 1 is 1.50 bits per heavy atom. The number of rotatable bonds is 4. The molecule has 1 aliphatic rings. The number of hydrogen-bond acceptors (Lipinski definition) is 4. The summed E-state index contributed by atoms with van der Waals surface area (Å²) in [6.45, 7) is 6.63. The van der Waals surface area contributed by atoms with Crippen LogP contribution in [-0.2, 0) is 0 Å². The highest BCUT2D eigenvalue weighted by Gasteiger charge is 2.21. The molecule has 1 N–H and O–H groups in total. The van der Waals surface area contributed by atoms with Gasteiger partial charge in [0.2, 0.25) is 0 Å². The van der Waals surface area contributed by atoms with Gasteiger partial charge in [0, 0.05) is 24.8 Å². The van der Waals surface area contributed by atoms with Crippen LogP contribution in [0, 0.1) is 3.57 Å². The molecule has 0 aromatic carbocycles. The highest BCUT2D eigenvalue weighted by molar-refractivity contribution is 14.1. The van der Waals surface area contributed by atoms with Crippen LogP contribution in [0.25, 0.3) is 0 Å². The van der Waals surface area contributed by atoms with E-state index in [-0.39, 0.29) is 0 Å². The second-order valence-electron chi connectivity index (χ2n) is 5.09. The molecule has 1 fully saturated rings. The standard InChI is InChI=1S/C13H21IN4/c1-10(2)18(8-11-5-3-4-6-16-11)13-12(14)7-15-9-17-13/h7,9-11,16H,3-6,8H2,1-2H3. The quantitative estimate of drug-likeness (QED) is 0.838. The number of nitrogens with zero attached hydrogens (tertiary/aromatic N) is 3. The first-order valence-electron chi connectivity index (χ1n) is 6.64. The molecule has 1 saturated heterocycles. The summed E-state index contributed by atoms with van der Waals surface area (Å²) < 4.78 is 1.12. The average Bonchev–Trinajstić information content (AvgIpc) is 2.38. The van der Waals surface area contributed by atoms with E-state index in [1.807, 2.05) is 6.20 Å². The predicted molar refractivity (Wildman–Crippen MR) is 82.9 cm³/mol. The van der Waals surface area contributed by atoms with Crippen molar-refractivity contribution in [3.8, 4) is 0 Å². The summed E-state index contributed by atoms with van der Waals surface area (Å²) in [4.78, 5) is 10.9. The van der Waals surface area contributed by atoms with Crippen LogP contribution in [0.3, 0.4) is 0 Å². The fourth-order valence-corrected chi connectivity index (χ4v) is 2.99. The minimum Gasteiger partial charge on any atom is -0.352 e. The lowest BCUT2D eigenvalue weighted by molar-refractivity contribution is 0.392. The second-order valence-corrected chi connectivity index (χ2v) is 6.25. The maximum absolute atomic E-state index is 4.44. The normalized spacial score (nSPS) is 20.1. The van der Waals surface area contributed by atoms with Gasteiger partial charge in [-0.3, -0.25) is 0 Å². The Balaban J connectivity index is 2.10. The van der Waals surface area contributed by atoms with E-state index in [4.69, 9.17) is 0 Å². The van der Waals surface area contributed by atoms with Crippen molar-refractivity contribution >= 4 is 28.4 Å². The molecule has 0 bridgehead atoms. The van der Waals surface area contributed by atoms with Gasteiger partial charge in [0.15, 0.2) is 0 Å². The van der Waals surface area contributed by atoms with Crippen LogP contribution in [0.5, 0.6) is 0 Å². The van der Waals surface area contributed by atoms with Crippen molar-refractivity contribution in [2.45, 2.75) is 45.2 Å². The van der Waals surface area contributed by atoms with Crippen LogP contribution in [-0.4, -0.2) is 35.1 Å². The lowest BCUT2D eigenvalue weighted by Gasteiger charge is -2.34. The molecule has 100 valence electrons. The molecule has 0 radical (unpaired) electrons. The maximum atomic E-state index is 4.44. The molecule has 0 aliphatic carbocycles. The van der Waals surface area contributed by atoms with E-state index in [1.165, 1.54) is 19.3 Å². The summed E-state index contributed by atoms with van der Waals surface area (Å²) in [7, 11) is 0. The van der Waals surface area contributed by atoms with Gasteiger partial charge in [0.25, 0.3) is 0 Å². The zero-order valence-electron chi connectivity index (χ0n) is 11.1. The van der Waals surface area contributed by atoms with Gasteiger partial charge in [0.05, 0.1) is 3.57 Å². The van der Waals surface area contributed by atoms with Gasteiger partial charge >= 0.3 is 0 Å². The first-order chi connectivity index (χ1) is 8.68. The Morgan fingerprint density at radius 2 is 2.33 bits per heavy atom. The van der Waals surface area contributed by atoms with E-state index >= 15 is 0 Å². The van der Waals surface area contributed by atoms with Crippen LogP contribution >= 0.6 is 22.6 Å². The topological polar surface area (TPSA) is 41.0 Å². The van der Waals surface area contributed by atoms with Gasteiger partial charge in [-0.2, -0.15) is 0 Å². The molecule has 1 aromatic heterocycles. The third-order valence-electron chi connectivity index (χ3n) is 3.37. The van der Waals surface area contributed by atoms with Gasteiger partial charge in [-0.25, -0.2) is 9.97 Å². The predicted octanol–water partition coefficient (Wildman–Crippen LogP) is 2.44. The van der Waals surface area contributed by atoms with E-state index in [0.29, 0.717) is 12.1 Å². The Morgan fingerprint density at radius 3 is 2.94 bits per heavy atom. The number of halogens is 1. The van der Waals surface area contributed by atoms with Crippen molar-refractivity contribution in [1.29, 1.82) is 0 Å². The van der Waals surface area contributed by atoms with Crippen molar-refractivity contribution in [1.82, 2.24) is 15.3 Å². The Kier molecular flexibility index (Phi) is 5.17. The molecule has 1 atom stereocenters. The Hall–Kier alpha value is -0.430. The van der Waals surface area contributed by atoms with Crippen molar-refractivity contribution < 1.29 is 0 Å². The average molecular weight is 360 g/mol. The smallest absolute Gasteiger partial charge is 0.145 e. The first-order valence-corrected chi connectivity index (χ1v) is 7.72. The SMILES string of the molecule is CC(C)N(CC1CCCCN1)c1ncncc1I. The lowest BCUT2D eigenvalue weighted by Crippen LogP contribution is -2.46. The van der Waals surface area contributed by atoms with Crippen molar-refractivity contribution in [2.24, 2.45) is 0 Å². The van der Waals surface area contributed by atoms with E-state index < -0.39 is 0 Å². The van der Waals surface area contributed by atoms with Crippen LogP contribution < -0.4 is 10.2 Å². The molecule has 0 spiro atoms. The molecule has 1 unspecified atom stereocenters. The molecular formula is C13H21IN4. The maximum Gasteiger partial charge on any atom is 0.145 e. The molecule has 4 nitrogen and oxygen atoms in total. The number of anilines is 1. The highest BCUT2D eigenvalue weighted by atomic mass is 127. The molecule has 1 aromatic rings. The highest BCUT2D eigenvalue weighted by Crippen LogP contribution is 2.21. The third kappa shape index (κ3) is 3.54. The van der Waals surface area contributed by atoms with Crippen LogP contribution in [0.15, 0.2) is 12.5 Å². The van der Waals surface area contributed by atoms with Crippen LogP contribution in [0.4, 0.5) is 5.82 Å². The summed E-state index contributed by atoms with van der Waals surface area (Å²) in [5.74, 6) is 1.06. The van der Waals surface area contributed by atoms with E-state index in [2.05, 4.69) is 56.6 Å². The van der Waals surface area contributed by atoms with Crippen molar-refractivity contribution in [2.75, 3.05) is 18.0 Å². The van der Waals surface area contributed by atoms with E-state index in [9.17, 15) is 0 Å². The summed E-state index contributed by atoms with van der Waals surface area (Å²) in [5.41, 5.74) is 0. The van der Waals surface area contributed by atoms with E-state index in [1.54, 1.807) is 6.33 Å². The minimum absolute atomic E-state index is 0.456. The molecule has 18 heavy (non-hydrogen) atoms. The van der Waals surface area contributed by atoms with E-state index in [0.717, 1.165) is 22.5 Å². The minimum atomic E-state index is 0.456. The fourth-order valence-electron chi connectivity index (χ4n) is 2.38. The molecule has 0 saturated carbocycles. The molecule has 2 heterocycles. The number of nitrogens with one attached hydrogen (secondary N) is 1. The third-order valence-corrected chi connectivity index (χ3v) is 4.13. The van der Waals surface area contributed by atoms with Crippen molar-refractivity contribution in [3.05, 3.63) is 16.1 Å². The summed E-state index contributed by atoms with van der Waals surface area (Å²) >= 11 is 2.32. The zero-order valence-corrected chi connectivity index (χ0v) is 13.2. The number of aromatic nitrogens is 2. The second kappa shape index (κ2) is 6.65. The summed E-state index contributed by atoms with van der Waals surface area (Å²) in [6, 6.07) is 1.05. The molecule has 2 rings (SSSR count). The molecule has 1 aliphatic heterocycles. The van der Waals surface area contributed by atoms with Crippen LogP contribution in [0.1, 0.15) is 33.1 Å². The van der Waals surface area contributed by atoms with Gasteiger partial charge < -0.3 is 10.2 Å². The monoisotopic (exact) mass is 360 g/mol.